The number of rotatable bonds is 1. The summed E-state index contributed by atoms with van der Waals surface area (Å²) in [5.74, 6) is -1.15. The standard InChI is InChI=1S/C15H20O5/c1-9-3-4-10-11(8-16)13(17)19-12(10)7-14(2)5-6-15(9,18)20-14/h7,9,16,18H,3-6,8H2,1-2H3/t9-,14-,15+/m1/s1. The van der Waals surface area contributed by atoms with Crippen LogP contribution in [0.4, 0.5) is 0 Å². The van der Waals surface area contributed by atoms with Crippen LogP contribution in [0.15, 0.2) is 23.0 Å². The predicted octanol–water partition coefficient (Wildman–Crippen LogP) is 1.40. The molecule has 0 saturated carbocycles. The minimum atomic E-state index is -1.12. The number of aliphatic hydroxyl groups excluding tert-OH is 1. The lowest BCUT2D eigenvalue weighted by Crippen LogP contribution is -2.38. The van der Waals surface area contributed by atoms with E-state index in [1.807, 2.05) is 13.8 Å². The van der Waals surface area contributed by atoms with Gasteiger partial charge >= 0.3 is 5.97 Å². The van der Waals surface area contributed by atoms with Crippen LogP contribution >= 0.6 is 0 Å². The third-order valence-corrected chi connectivity index (χ3v) is 4.69. The number of aliphatic hydroxyl groups is 2. The Hall–Kier alpha value is -1.17. The van der Waals surface area contributed by atoms with E-state index >= 15 is 0 Å². The summed E-state index contributed by atoms with van der Waals surface area (Å²) in [6.45, 7) is 3.52. The Morgan fingerprint density at radius 2 is 2.20 bits per heavy atom. The fourth-order valence-corrected chi connectivity index (χ4v) is 3.29. The predicted molar refractivity (Wildman–Crippen MR) is 70.4 cm³/mol. The molecule has 0 aromatic rings. The van der Waals surface area contributed by atoms with Crippen molar-refractivity contribution in [2.24, 2.45) is 5.92 Å². The second-order valence-corrected chi connectivity index (χ2v) is 6.21. The van der Waals surface area contributed by atoms with Crippen molar-refractivity contribution in [3.63, 3.8) is 0 Å². The molecule has 0 radical (unpaired) electrons. The first-order valence-corrected chi connectivity index (χ1v) is 7.08. The van der Waals surface area contributed by atoms with Gasteiger partial charge in [-0.25, -0.2) is 4.79 Å². The van der Waals surface area contributed by atoms with Gasteiger partial charge in [0.25, 0.3) is 0 Å². The van der Waals surface area contributed by atoms with Crippen molar-refractivity contribution >= 4 is 5.97 Å². The van der Waals surface area contributed by atoms with E-state index in [9.17, 15) is 15.0 Å². The normalized spacial score (nSPS) is 40.7. The molecule has 2 N–H and O–H groups in total. The Labute approximate surface area is 117 Å². The fraction of sp³-hybridized carbons (Fsp3) is 0.667. The van der Waals surface area contributed by atoms with Gasteiger partial charge in [-0.05, 0) is 32.3 Å². The smallest absolute Gasteiger partial charge is 0.342 e. The van der Waals surface area contributed by atoms with Gasteiger partial charge in [-0.3, -0.25) is 0 Å². The van der Waals surface area contributed by atoms with E-state index in [-0.39, 0.29) is 12.5 Å². The molecule has 0 aromatic carbocycles. The van der Waals surface area contributed by atoms with Gasteiger partial charge in [0.15, 0.2) is 5.79 Å². The molecule has 0 aliphatic carbocycles. The topological polar surface area (TPSA) is 76.0 Å². The molecule has 5 nitrogen and oxygen atoms in total. The molecule has 3 atom stereocenters. The molecule has 3 aliphatic heterocycles. The molecule has 3 heterocycles. The first-order chi connectivity index (χ1) is 9.37. The summed E-state index contributed by atoms with van der Waals surface area (Å²) in [5.41, 5.74) is 0.446. The number of hydrogen-bond donors (Lipinski definition) is 2. The Kier molecular flexibility index (Phi) is 3.04. The molecule has 0 aromatic heterocycles. The van der Waals surface area contributed by atoms with Crippen LogP contribution in [0.1, 0.15) is 39.5 Å². The maximum atomic E-state index is 11.8. The van der Waals surface area contributed by atoms with E-state index in [0.29, 0.717) is 37.0 Å². The largest absolute Gasteiger partial charge is 0.423 e. The Morgan fingerprint density at radius 3 is 2.90 bits per heavy atom. The number of fused-ring (bicyclic) bond motifs is 3. The summed E-state index contributed by atoms with van der Waals surface area (Å²) in [6, 6.07) is 0. The van der Waals surface area contributed by atoms with Crippen LogP contribution in [0.3, 0.4) is 0 Å². The average molecular weight is 280 g/mol. The molecule has 0 amide bonds. The molecule has 2 bridgehead atoms. The maximum Gasteiger partial charge on any atom is 0.342 e. The monoisotopic (exact) mass is 280 g/mol. The first-order valence-electron chi connectivity index (χ1n) is 7.08. The molecule has 5 heteroatoms. The highest BCUT2D eigenvalue weighted by molar-refractivity contribution is 5.94. The lowest BCUT2D eigenvalue weighted by molar-refractivity contribution is -0.236. The van der Waals surface area contributed by atoms with Gasteiger partial charge in [0.05, 0.1) is 17.8 Å². The van der Waals surface area contributed by atoms with Crippen LogP contribution in [0.5, 0.6) is 0 Å². The van der Waals surface area contributed by atoms with E-state index in [4.69, 9.17) is 9.47 Å². The van der Waals surface area contributed by atoms with Gasteiger partial charge in [0.2, 0.25) is 0 Å². The summed E-state index contributed by atoms with van der Waals surface area (Å²) < 4.78 is 11.2. The number of ether oxygens (including phenoxy) is 2. The SMILES string of the molecule is C[C@@H]1CCC2=C(CO)C(=O)OC2=C[C@@]2(C)CC[C@]1(O)O2. The van der Waals surface area contributed by atoms with Crippen LogP contribution in [-0.2, 0) is 14.3 Å². The highest BCUT2D eigenvalue weighted by Gasteiger charge is 2.49. The van der Waals surface area contributed by atoms with Gasteiger partial charge in [-0.15, -0.1) is 0 Å². The number of esters is 1. The van der Waals surface area contributed by atoms with Crippen LogP contribution in [-0.4, -0.2) is 34.2 Å². The lowest BCUT2D eigenvalue weighted by atomic mass is 9.87. The Bertz CT molecular complexity index is 520. The first kappa shape index (κ1) is 13.8. The van der Waals surface area contributed by atoms with E-state index in [1.165, 1.54) is 0 Å². The molecule has 1 fully saturated rings. The van der Waals surface area contributed by atoms with Gasteiger partial charge in [-0.1, -0.05) is 6.92 Å². The molecule has 0 unspecified atom stereocenters. The van der Waals surface area contributed by atoms with E-state index in [2.05, 4.69) is 0 Å². The van der Waals surface area contributed by atoms with Crippen molar-refractivity contribution in [3.05, 3.63) is 23.0 Å². The van der Waals surface area contributed by atoms with Crippen molar-refractivity contribution in [2.45, 2.75) is 50.9 Å². The Balaban J connectivity index is 2.06. The van der Waals surface area contributed by atoms with Crippen LogP contribution < -0.4 is 0 Å². The van der Waals surface area contributed by atoms with Crippen molar-refractivity contribution in [3.8, 4) is 0 Å². The van der Waals surface area contributed by atoms with Gasteiger partial charge < -0.3 is 19.7 Å². The maximum absolute atomic E-state index is 11.8. The average Bonchev–Trinajstić information content (AvgIpc) is 2.85. The van der Waals surface area contributed by atoms with E-state index < -0.39 is 17.4 Å². The van der Waals surface area contributed by atoms with E-state index in [1.54, 1.807) is 6.08 Å². The molecule has 3 aliphatic rings. The summed E-state index contributed by atoms with van der Waals surface area (Å²) in [5, 5.41) is 20.0. The van der Waals surface area contributed by atoms with Crippen molar-refractivity contribution in [2.75, 3.05) is 6.61 Å². The van der Waals surface area contributed by atoms with Crippen molar-refractivity contribution in [1.82, 2.24) is 0 Å². The van der Waals surface area contributed by atoms with Gasteiger partial charge in [0, 0.05) is 17.9 Å². The summed E-state index contributed by atoms with van der Waals surface area (Å²) in [4.78, 5) is 11.8. The zero-order valence-electron chi connectivity index (χ0n) is 11.8. The van der Waals surface area contributed by atoms with Gasteiger partial charge in [0.1, 0.15) is 5.76 Å². The second-order valence-electron chi connectivity index (χ2n) is 6.21. The highest BCUT2D eigenvalue weighted by Crippen LogP contribution is 2.46. The summed E-state index contributed by atoms with van der Waals surface area (Å²) in [7, 11) is 0. The minimum absolute atomic E-state index is 0.0415. The van der Waals surface area contributed by atoms with Crippen LogP contribution in [0, 0.1) is 5.92 Å². The third-order valence-electron chi connectivity index (χ3n) is 4.69. The number of carbonyl (C=O) groups is 1. The number of allylic oxidation sites excluding steroid dienone is 1. The molecular formula is C15H20O5. The molecule has 3 rings (SSSR count). The van der Waals surface area contributed by atoms with Crippen molar-refractivity contribution < 1.29 is 24.5 Å². The fourth-order valence-electron chi connectivity index (χ4n) is 3.29. The number of hydrogen-bond acceptors (Lipinski definition) is 5. The molecular weight excluding hydrogens is 260 g/mol. The summed E-state index contributed by atoms with van der Waals surface area (Å²) >= 11 is 0. The van der Waals surface area contributed by atoms with Crippen LogP contribution in [0.25, 0.3) is 0 Å². The molecule has 1 saturated heterocycles. The quantitative estimate of drug-likeness (QED) is 0.710. The molecule has 0 spiro atoms. The van der Waals surface area contributed by atoms with Crippen molar-refractivity contribution in [1.29, 1.82) is 0 Å². The Morgan fingerprint density at radius 1 is 1.45 bits per heavy atom. The van der Waals surface area contributed by atoms with Crippen LogP contribution in [0.2, 0.25) is 0 Å². The zero-order valence-corrected chi connectivity index (χ0v) is 11.8. The molecule has 110 valence electrons. The highest BCUT2D eigenvalue weighted by atomic mass is 16.6. The van der Waals surface area contributed by atoms with Gasteiger partial charge in [-0.2, -0.15) is 0 Å². The van der Waals surface area contributed by atoms with E-state index in [0.717, 1.165) is 5.57 Å². The second kappa shape index (κ2) is 4.41. The minimum Gasteiger partial charge on any atom is -0.423 e. The lowest BCUT2D eigenvalue weighted by Gasteiger charge is -2.31. The summed E-state index contributed by atoms with van der Waals surface area (Å²) in [6.07, 6.45) is 4.31. The molecule has 20 heavy (non-hydrogen) atoms. The third kappa shape index (κ3) is 2.01. The zero-order chi connectivity index (χ0) is 14.5. The number of carbonyl (C=O) groups excluding carboxylic acids is 1.